The van der Waals surface area contributed by atoms with E-state index in [0.717, 1.165) is 25.7 Å². The molecular weight excluding hydrogens is 1060 g/mol. The molecular formula is C40H98N2O23P6. The van der Waals surface area contributed by atoms with E-state index in [1.165, 1.54) is 85.3 Å². The maximum absolute atomic E-state index is 11.6. The van der Waals surface area contributed by atoms with Gasteiger partial charge >= 0.3 is 45.6 Å². The number of hydrogen-bond donors (Lipinski definition) is 2. The Hall–Kier alpha value is 0.170. The highest BCUT2D eigenvalue weighted by Gasteiger charge is 2.24. The maximum atomic E-state index is 11.6. The van der Waals surface area contributed by atoms with Crippen molar-refractivity contribution in [3.63, 3.8) is 0 Å². The van der Waals surface area contributed by atoms with Gasteiger partial charge in [-0.3, -0.25) is 32.2 Å². The van der Waals surface area contributed by atoms with Crippen molar-refractivity contribution in [2.75, 3.05) is 189 Å². The van der Waals surface area contributed by atoms with Gasteiger partial charge in [0.15, 0.2) is 0 Å². The zero-order valence-electron chi connectivity index (χ0n) is 46.5. The fraction of sp³-hybridized carbons (Fsp3) is 0.975. The van der Waals surface area contributed by atoms with Crippen LogP contribution in [0.25, 0.3) is 0 Å². The lowest BCUT2D eigenvalue weighted by molar-refractivity contribution is -0.126. The number of nitrogens with one attached hydrogen (secondary N) is 1. The monoisotopic (exact) mass is 1160 g/mol. The van der Waals surface area contributed by atoms with Crippen molar-refractivity contribution in [1.29, 1.82) is 0 Å². The molecule has 0 heterocycles. The van der Waals surface area contributed by atoms with Gasteiger partial charge in [-0.1, -0.05) is 47.5 Å². The van der Waals surface area contributed by atoms with Crippen molar-refractivity contribution in [2.24, 2.45) is 17.6 Å². The van der Waals surface area contributed by atoms with Crippen molar-refractivity contribution in [2.45, 2.75) is 60.3 Å². The van der Waals surface area contributed by atoms with E-state index in [1.807, 2.05) is 13.8 Å². The molecule has 1 atom stereocenters. The lowest BCUT2D eigenvalue weighted by Gasteiger charge is -2.16. The van der Waals surface area contributed by atoms with Gasteiger partial charge in [-0.05, 0) is 24.7 Å². The Bertz CT molecular complexity index is 1450. The van der Waals surface area contributed by atoms with Crippen LogP contribution in [0.2, 0.25) is 0 Å². The molecule has 25 nitrogen and oxygen atoms in total. The topological polar surface area (TPSA) is 305 Å². The summed E-state index contributed by atoms with van der Waals surface area (Å²) < 4.78 is 144. The van der Waals surface area contributed by atoms with Crippen molar-refractivity contribution in [3.05, 3.63) is 0 Å². The van der Waals surface area contributed by atoms with Gasteiger partial charge in [0.05, 0.1) is 70.0 Å². The van der Waals surface area contributed by atoms with E-state index in [1.54, 1.807) is 14.2 Å². The lowest BCUT2D eigenvalue weighted by atomic mass is 10.2. The molecule has 31 heteroatoms. The van der Waals surface area contributed by atoms with Crippen molar-refractivity contribution in [1.82, 2.24) is 5.32 Å². The summed E-state index contributed by atoms with van der Waals surface area (Å²) in [7, 11) is 2.76. The normalized spacial score (nSPS) is 12.4. The molecule has 0 aromatic carbocycles. The Kier molecular flexibility index (Phi) is 60.7. The molecule has 0 aliphatic rings. The maximum Gasteiger partial charge on any atom is 0.332 e. The number of ether oxygens (including phenoxy) is 4. The molecule has 0 saturated heterocycles. The van der Waals surface area contributed by atoms with E-state index >= 15 is 0 Å². The van der Waals surface area contributed by atoms with Gasteiger partial charge in [0.1, 0.15) is 6.61 Å². The summed E-state index contributed by atoms with van der Waals surface area (Å²) in [6.07, 6.45) is 5.99. The van der Waals surface area contributed by atoms with Gasteiger partial charge in [-0.25, -0.2) is 0 Å². The van der Waals surface area contributed by atoms with Crippen molar-refractivity contribution < 1.29 is 105 Å². The number of hydrogen-bond acceptors (Lipinski definition) is 24. The van der Waals surface area contributed by atoms with Gasteiger partial charge in [0, 0.05) is 113 Å². The highest BCUT2D eigenvalue weighted by atomic mass is 31.2. The molecule has 0 aliphatic heterocycles. The van der Waals surface area contributed by atoms with E-state index in [-0.39, 0.29) is 37.5 Å². The van der Waals surface area contributed by atoms with E-state index in [2.05, 4.69) is 35.1 Å². The van der Waals surface area contributed by atoms with Gasteiger partial charge in [-0.15, -0.1) is 0 Å². The minimum Gasteiger partial charge on any atom is -0.382 e. The van der Waals surface area contributed by atoms with Crippen LogP contribution in [0.5, 0.6) is 0 Å². The SMILES string of the molecule is CCC(C)CP(=O)(OC)OC.CCCCP(=O)(OC)OC.COCCOCC(=O)NCCP(=O)(OC)OC.COCCOCCP(=O)(OC)OC.COP(=O)(CCC(C)C)OC.COP(=O)(CCN)OC. The summed E-state index contributed by atoms with van der Waals surface area (Å²) in [5.74, 6) is 0.647. The highest BCUT2D eigenvalue weighted by Crippen LogP contribution is 2.50. The zero-order chi connectivity index (χ0) is 56.5. The molecule has 71 heavy (non-hydrogen) atoms. The fourth-order valence-corrected chi connectivity index (χ4v) is 10.7. The Morgan fingerprint density at radius 2 is 0.831 bits per heavy atom. The third-order valence-electron chi connectivity index (χ3n) is 9.05. The second-order valence-electron chi connectivity index (χ2n) is 14.5. The van der Waals surface area contributed by atoms with Crippen LogP contribution in [0.15, 0.2) is 0 Å². The Morgan fingerprint density at radius 3 is 1.17 bits per heavy atom. The molecule has 0 spiro atoms. The molecule has 0 aliphatic carbocycles. The molecule has 1 unspecified atom stereocenters. The smallest absolute Gasteiger partial charge is 0.332 e. The number of amides is 1. The lowest BCUT2D eigenvalue weighted by Crippen LogP contribution is -2.30. The summed E-state index contributed by atoms with van der Waals surface area (Å²) in [6.45, 7) is 12.9. The van der Waals surface area contributed by atoms with E-state index < -0.39 is 45.6 Å². The predicted molar refractivity (Wildman–Crippen MR) is 280 cm³/mol. The van der Waals surface area contributed by atoms with Gasteiger partial charge in [0.2, 0.25) is 5.91 Å². The zero-order valence-corrected chi connectivity index (χ0v) is 51.9. The Balaban J connectivity index is -0.000000181. The summed E-state index contributed by atoms with van der Waals surface area (Å²) in [5.41, 5.74) is 5.13. The molecule has 0 aromatic heterocycles. The predicted octanol–water partition coefficient (Wildman–Crippen LogP) is 9.13. The number of nitrogens with two attached hydrogens (primary N) is 1. The van der Waals surface area contributed by atoms with Crippen LogP contribution in [0.3, 0.4) is 0 Å². The first-order valence-corrected chi connectivity index (χ1v) is 32.9. The largest absolute Gasteiger partial charge is 0.382 e. The average molecular weight is 1160 g/mol. The van der Waals surface area contributed by atoms with Crippen LogP contribution in [-0.2, 0) is 105 Å². The minimum absolute atomic E-state index is 0.0480. The number of carbonyl (C=O) groups is 1. The number of carbonyl (C=O) groups excluding carboxylic acids is 1. The molecule has 0 bridgehead atoms. The summed E-state index contributed by atoms with van der Waals surface area (Å²) in [6, 6.07) is 0. The molecule has 0 radical (unpaired) electrons. The fourth-order valence-electron chi connectivity index (χ4n) is 4.06. The first-order chi connectivity index (χ1) is 33.2. The molecule has 3 N–H and O–H groups in total. The third kappa shape index (κ3) is 52.0. The summed E-state index contributed by atoms with van der Waals surface area (Å²) in [5, 5.41) is 2.55. The van der Waals surface area contributed by atoms with Crippen LogP contribution in [0.1, 0.15) is 60.3 Å². The molecule has 1 amide bonds. The molecule has 0 fully saturated rings. The molecule has 0 rings (SSSR count). The first-order valence-electron chi connectivity index (χ1n) is 22.6. The van der Waals surface area contributed by atoms with E-state index in [9.17, 15) is 32.2 Å². The van der Waals surface area contributed by atoms with Crippen molar-refractivity contribution >= 4 is 51.5 Å². The minimum atomic E-state index is -3.05. The van der Waals surface area contributed by atoms with Crippen LogP contribution in [0.4, 0.5) is 0 Å². The Morgan fingerprint density at radius 1 is 0.465 bits per heavy atom. The van der Waals surface area contributed by atoms with Crippen LogP contribution in [-0.4, -0.2) is 195 Å². The van der Waals surface area contributed by atoms with Gasteiger partial charge < -0.3 is 84.3 Å². The third-order valence-corrected chi connectivity index (χ3v) is 20.8. The second kappa shape index (κ2) is 52.2. The second-order valence-corrected chi connectivity index (χ2v) is 28.8. The summed E-state index contributed by atoms with van der Waals surface area (Å²) in [4.78, 5) is 11.2. The number of rotatable bonds is 37. The van der Waals surface area contributed by atoms with Crippen LogP contribution >= 0.6 is 45.6 Å². The first kappa shape index (κ1) is 82.5. The summed E-state index contributed by atoms with van der Waals surface area (Å²) >= 11 is 0. The highest BCUT2D eigenvalue weighted by molar-refractivity contribution is 7.55. The van der Waals surface area contributed by atoms with Gasteiger partial charge in [0.25, 0.3) is 0 Å². The number of methoxy groups -OCH3 is 2. The quantitative estimate of drug-likeness (QED) is 0.0432. The van der Waals surface area contributed by atoms with Crippen molar-refractivity contribution in [3.8, 4) is 0 Å². The molecule has 0 aromatic rings. The Labute approximate surface area is 428 Å². The van der Waals surface area contributed by atoms with E-state index in [4.69, 9.17) is 69.9 Å². The van der Waals surface area contributed by atoms with Gasteiger partial charge in [-0.2, -0.15) is 0 Å². The van der Waals surface area contributed by atoms with E-state index in [0.29, 0.717) is 69.9 Å². The molecule has 436 valence electrons. The standard InChI is InChI=1S/C9H20NO6P.C7H17O5P.2C7H17O3P.C6H15O3P.C4H12NO3P/c1-13-5-6-16-8-9(11)10-4-7-17(12,14-2)15-3;1-9-4-5-12-6-7-13(8,10-2)11-3;1-7(2)5-6-11(8,9-3)10-4;1-5-7(2)6-11(8,9-3)10-4;1-4-5-6-10(7,8-2)9-3;1-7-9(6,8-2)4-3-5/h4-8H2,1-3H3,(H,10,11);4-7H2,1-3H3;2*7H,5-6H2,1-4H3;4-6H2,1-3H3;3-5H2,1-2H3. The molecule has 0 saturated carbocycles. The average Bonchev–Trinajstić information content (AvgIpc) is 3.39. The number of unbranched alkanes of at least 4 members (excludes halogenated alkanes) is 1. The van der Waals surface area contributed by atoms with Crippen LogP contribution < -0.4 is 11.1 Å². The van der Waals surface area contributed by atoms with Crippen LogP contribution in [0, 0.1) is 11.8 Å².